The molecule has 2 heterocycles. The van der Waals surface area contributed by atoms with Crippen molar-refractivity contribution in [2.24, 2.45) is 17.8 Å². The summed E-state index contributed by atoms with van der Waals surface area (Å²) in [5.74, 6) is 3.57. The van der Waals surface area contributed by atoms with Crippen LogP contribution in [0, 0.1) is 35.9 Å². The number of halogens is 1. The minimum Gasteiger partial charge on any atom is -0.480 e. The number of aryl methyl sites for hydroxylation is 1. The third-order valence-electron chi connectivity index (χ3n) is 9.65. The average Bonchev–Trinajstić information content (AvgIpc) is 3.32. The van der Waals surface area contributed by atoms with E-state index in [1.54, 1.807) is 12.1 Å². The number of hydrogen-bond acceptors (Lipinski definition) is 3. The maximum atomic E-state index is 14.2. The summed E-state index contributed by atoms with van der Waals surface area (Å²) in [6, 6.07) is 14.9. The van der Waals surface area contributed by atoms with E-state index in [1.807, 2.05) is 18.2 Å². The van der Waals surface area contributed by atoms with Crippen LogP contribution in [0.5, 0.6) is 0 Å². The number of carboxylic acids is 1. The van der Waals surface area contributed by atoms with Gasteiger partial charge in [0.2, 0.25) is 0 Å². The molecule has 3 atom stereocenters. The fraction of sp³-hybridized carbons (Fsp3) is 0.559. The standard InChI is InChI=1S/C34H43FN2O2/c1-2-25-12-14-26(15-13-25)6-3-7-27-16-18-36(19-17-27)22-30-23-37(33(34(38)39)20-28-8-4-9-28)24-32(30)29-10-5-11-31(35)21-29/h1,5,10-15,21,27-28,30,32-33H,3-4,6-9,16-20,22-24H2,(H,38,39)/t30-,32+,33+/m0/s1. The summed E-state index contributed by atoms with van der Waals surface area (Å²) in [5.41, 5.74) is 3.31. The second-order valence-electron chi connectivity index (χ2n) is 12.2. The maximum absolute atomic E-state index is 14.2. The molecule has 5 rings (SSSR count). The summed E-state index contributed by atoms with van der Waals surface area (Å²) in [6.07, 6.45) is 15.7. The van der Waals surface area contributed by atoms with E-state index in [0.717, 1.165) is 68.9 Å². The molecule has 0 aromatic heterocycles. The molecular weight excluding hydrogens is 487 g/mol. The summed E-state index contributed by atoms with van der Waals surface area (Å²) in [7, 11) is 0. The van der Waals surface area contributed by atoms with Gasteiger partial charge in [0, 0.05) is 31.1 Å². The van der Waals surface area contributed by atoms with Gasteiger partial charge >= 0.3 is 5.97 Å². The first-order valence-electron chi connectivity index (χ1n) is 15.0. The first-order valence-corrected chi connectivity index (χ1v) is 15.0. The Labute approximate surface area is 233 Å². The Balaban J connectivity index is 1.15. The van der Waals surface area contributed by atoms with Crippen molar-refractivity contribution >= 4 is 5.97 Å². The number of hydrogen-bond donors (Lipinski definition) is 1. The number of aliphatic carboxylic acids is 1. The van der Waals surface area contributed by atoms with Crippen molar-refractivity contribution < 1.29 is 14.3 Å². The van der Waals surface area contributed by atoms with Crippen molar-refractivity contribution in [3.63, 3.8) is 0 Å². The van der Waals surface area contributed by atoms with Crippen LogP contribution in [0.2, 0.25) is 0 Å². The van der Waals surface area contributed by atoms with Gasteiger partial charge in [0.15, 0.2) is 0 Å². The molecular formula is C34H43FN2O2. The Morgan fingerprint density at radius 3 is 2.46 bits per heavy atom. The van der Waals surface area contributed by atoms with Crippen LogP contribution in [-0.4, -0.2) is 59.6 Å². The van der Waals surface area contributed by atoms with E-state index in [-0.39, 0.29) is 11.7 Å². The van der Waals surface area contributed by atoms with Crippen LogP contribution in [-0.2, 0) is 11.2 Å². The van der Waals surface area contributed by atoms with Crippen LogP contribution in [0.15, 0.2) is 48.5 Å². The molecule has 0 radical (unpaired) electrons. The van der Waals surface area contributed by atoms with Gasteiger partial charge in [-0.25, -0.2) is 4.39 Å². The van der Waals surface area contributed by atoms with Gasteiger partial charge in [-0.3, -0.25) is 9.69 Å². The van der Waals surface area contributed by atoms with Crippen molar-refractivity contribution in [3.8, 4) is 12.3 Å². The molecule has 0 amide bonds. The van der Waals surface area contributed by atoms with Gasteiger partial charge < -0.3 is 10.0 Å². The molecule has 2 saturated heterocycles. The molecule has 2 aliphatic heterocycles. The Bertz CT molecular complexity index is 1130. The largest absolute Gasteiger partial charge is 0.480 e. The normalized spacial score (nSPS) is 23.8. The zero-order chi connectivity index (χ0) is 27.2. The van der Waals surface area contributed by atoms with Crippen LogP contribution < -0.4 is 0 Å². The molecule has 1 N–H and O–H groups in total. The number of piperidine rings is 1. The minimum atomic E-state index is -0.701. The number of terminal acetylenes is 1. The molecule has 2 aromatic rings. The summed E-state index contributed by atoms with van der Waals surface area (Å²) >= 11 is 0. The molecule has 0 unspecified atom stereocenters. The number of benzene rings is 2. The molecule has 1 aliphatic carbocycles. The van der Waals surface area contributed by atoms with Gasteiger partial charge in [-0.1, -0.05) is 55.9 Å². The van der Waals surface area contributed by atoms with Gasteiger partial charge in [-0.15, -0.1) is 6.42 Å². The second kappa shape index (κ2) is 13.1. The highest BCUT2D eigenvalue weighted by atomic mass is 19.1. The Kier molecular flexibility index (Phi) is 9.37. The predicted molar refractivity (Wildman–Crippen MR) is 154 cm³/mol. The van der Waals surface area contributed by atoms with Crippen molar-refractivity contribution in [1.29, 1.82) is 0 Å². The van der Waals surface area contributed by atoms with Crippen molar-refractivity contribution in [2.45, 2.75) is 69.7 Å². The van der Waals surface area contributed by atoms with E-state index in [9.17, 15) is 14.3 Å². The fourth-order valence-corrected chi connectivity index (χ4v) is 7.06. The van der Waals surface area contributed by atoms with E-state index in [0.29, 0.717) is 18.4 Å². The quantitative estimate of drug-likeness (QED) is 0.351. The monoisotopic (exact) mass is 530 g/mol. The summed E-state index contributed by atoms with van der Waals surface area (Å²) in [6.45, 7) is 4.64. The first kappa shape index (κ1) is 27.9. The molecule has 2 aromatic carbocycles. The molecule has 3 fully saturated rings. The van der Waals surface area contributed by atoms with Crippen LogP contribution in [0.1, 0.15) is 74.0 Å². The predicted octanol–water partition coefficient (Wildman–Crippen LogP) is 6.20. The van der Waals surface area contributed by atoms with E-state index in [4.69, 9.17) is 6.42 Å². The van der Waals surface area contributed by atoms with E-state index in [1.165, 1.54) is 43.7 Å². The number of carbonyl (C=O) groups is 1. The van der Waals surface area contributed by atoms with Gasteiger partial charge in [-0.05, 0) is 98.3 Å². The molecule has 208 valence electrons. The van der Waals surface area contributed by atoms with Crippen LogP contribution in [0.3, 0.4) is 0 Å². The van der Waals surface area contributed by atoms with Gasteiger partial charge in [-0.2, -0.15) is 0 Å². The molecule has 3 aliphatic rings. The van der Waals surface area contributed by atoms with E-state index in [2.05, 4.69) is 27.9 Å². The van der Waals surface area contributed by atoms with Gasteiger partial charge in [0.05, 0.1) is 0 Å². The van der Waals surface area contributed by atoms with Crippen LogP contribution in [0.4, 0.5) is 4.39 Å². The smallest absolute Gasteiger partial charge is 0.320 e. The maximum Gasteiger partial charge on any atom is 0.320 e. The number of nitrogens with zero attached hydrogens (tertiary/aromatic N) is 2. The van der Waals surface area contributed by atoms with E-state index >= 15 is 0 Å². The average molecular weight is 531 g/mol. The third-order valence-corrected chi connectivity index (χ3v) is 9.65. The topological polar surface area (TPSA) is 43.8 Å². The van der Waals surface area contributed by atoms with Crippen molar-refractivity contribution in [1.82, 2.24) is 9.80 Å². The highest BCUT2D eigenvalue weighted by Gasteiger charge is 2.41. The SMILES string of the molecule is C#Cc1ccc(CCCC2CCN(C[C@H]3CN([C@H](CC4CCC4)C(=O)O)C[C@@H]3c3cccc(F)c3)CC2)cc1. The van der Waals surface area contributed by atoms with Crippen LogP contribution >= 0.6 is 0 Å². The molecule has 4 nitrogen and oxygen atoms in total. The lowest BCUT2D eigenvalue weighted by Crippen LogP contribution is -2.43. The van der Waals surface area contributed by atoms with E-state index < -0.39 is 12.0 Å². The summed E-state index contributed by atoms with van der Waals surface area (Å²) in [4.78, 5) is 17.1. The molecule has 0 spiro atoms. The third kappa shape index (κ3) is 7.29. The zero-order valence-electron chi connectivity index (χ0n) is 23.1. The lowest BCUT2D eigenvalue weighted by atomic mass is 9.80. The first-order chi connectivity index (χ1) is 19.0. The second-order valence-corrected chi connectivity index (χ2v) is 12.2. The van der Waals surface area contributed by atoms with Crippen molar-refractivity contribution in [3.05, 3.63) is 71.0 Å². The Morgan fingerprint density at radius 1 is 1.05 bits per heavy atom. The molecule has 1 saturated carbocycles. The lowest BCUT2D eigenvalue weighted by Gasteiger charge is -2.35. The van der Waals surface area contributed by atoms with Gasteiger partial charge in [0.25, 0.3) is 0 Å². The zero-order valence-corrected chi connectivity index (χ0v) is 23.1. The number of rotatable bonds is 11. The summed E-state index contributed by atoms with van der Waals surface area (Å²) in [5, 5.41) is 10.1. The Morgan fingerprint density at radius 2 is 1.82 bits per heavy atom. The Hall–Kier alpha value is -2.68. The van der Waals surface area contributed by atoms with Gasteiger partial charge in [0.1, 0.15) is 11.9 Å². The van der Waals surface area contributed by atoms with Crippen molar-refractivity contribution in [2.75, 3.05) is 32.7 Å². The molecule has 39 heavy (non-hydrogen) atoms. The molecule has 5 heteroatoms. The fourth-order valence-electron chi connectivity index (χ4n) is 7.06. The van der Waals surface area contributed by atoms with Crippen LogP contribution in [0.25, 0.3) is 0 Å². The number of carboxylic acid groups (broad SMARTS) is 1. The lowest BCUT2D eigenvalue weighted by molar-refractivity contribution is -0.144. The molecule has 0 bridgehead atoms. The highest BCUT2D eigenvalue weighted by Crippen LogP contribution is 2.38. The summed E-state index contributed by atoms with van der Waals surface area (Å²) < 4.78 is 14.2. The highest BCUT2D eigenvalue weighted by molar-refractivity contribution is 5.73. The minimum absolute atomic E-state index is 0.169. The number of likely N-dealkylation sites (tertiary alicyclic amines) is 2.